The third kappa shape index (κ3) is 10.1. The van der Waals surface area contributed by atoms with Crippen LogP contribution in [0.15, 0.2) is 0 Å². The van der Waals surface area contributed by atoms with Crippen LogP contribution in [-0.2, 0) is 9.59 Å². The summed E-state index contributed by atoms with van der Waals surface area (Å²) in [4.78, 5) is 26.4. The Kier molecular flexibility index (Phi) is 15.0. The molecule has 3 N–H and O–H groups in total. The van der Waals surface area contributed by atoms with E-state index in [-0.39, 0.29) is 31.4 Å². The first kappa shape index (κ1) is 24.2. The molecule has 0 bridgehead atoms. The average Bonchev–Trinajstić information content (AvgIpc) is 3.07. The van der Waals surface area contributed by atoms with Gasteiger partial charge in [0.15, 0.2) is 0 Å². The highest BCUT2D eigenvalue weighted by Gasteiger charge is 2.33. The normalized spacial score (nSPS) is 16.6. The van der Waals surface area contributed by atoms with Gasteiger partial charge in [-0.05, 0) is 32.2 Å². The minimum Gasteiger partial charge on any atom is -0.354 e. The minimum atomic E-state index is -0.260. The van der Waals surface area contributed by atoms with Gasteiger partial charge >= 0.3 is 0 Å². The molecule has 1 aliphatic heterocycles. The number of hydrogen-bond acceptors (Lipinski definition) is 3. The highest BCUT2D eigenvalue weighted by atomic mass is 32.1. The van der Waals surface area contributed by atoms with Gasteiger partial charge in [-0.25, -0.2) is 0 Å². The molecule has 0 radical (unpaired) electrons. The Morgan fingerprint density at radius 1 is 1.04 bits per heavy atom. The molecule has 1 rings (SSSR count). The summed E-state index contributed by atoms with van der Waals surface area (Å²) >= 11 is 0. The van der Waals surface area contributed by atoms with E-state index in [9.17, 15) is 9.59 Å². The van der Waals surface area contributed by atoms with E-state index >= 15 is 0 Å². The summed E-state index contributed by atoms with van der Waals surface area (Å²) < 4.78 is 0. The lowest BCUT2D eigenvalue weighted by atomic mass is 10.1. The lowest BCUT2D eigenvalue weighted by Crippen LogP contribution is -2.46. The molecule has 1 heterocycles. The number of amides is 2. The largest absolute Gasteiger partial charge is 0.354 e. The number of unbranched alkanes of at least 4 members (excludes halogenated alkanes) is 7. The first-order valence-corrected chi connectivity index (χ1v) is 9.98. The van der Waals surface area contributed by atoms with E-state index < -0.39 is 0 Å². The van der Waals surface area contributed by atoms with Gasteiger partial charge in [-0.15, -0.1) is 0 Å². The topological polar surface area (TPSA) is 75.4 Å². The molecule has 1 saturated heterocycles. The fraction of sp³-hybridized carbons (Fsp3) is 0.895. The fourth-order valence-corrected chi connectivity index (χ4v) is 3.32. The molecule has 0 aromatic rings. The van der Waals surface area contributed by atoms with Crippen LogP contribution in [0.1, 0.15) is 84.0 Å². The molecule has 0 spiro atoms. The van der Waals surface area contributed by atoms with Crippen LogP contribution < -0.4 is 11.1 Å². The van der Waals surface area contributed by atoms with Crippen LogP contribution in [0.25, 0.3) is 0 Å². The summed E-state index contributed by atoms with van der Waals surface area (Å²) in [6.45, 7) is 4.14. The Hall–Kier alpha value is -0.750. The van der Waals surface area contributed by atoms with Crippen molar-refractivity contribution in [3.63, 3.8) is 0 Å². The van der Waals surface area contributed by atoms with E-state index in [2.05, 4.69) is 12.2 Å². The maximum atomic E-state index is 12.4. The number of nitrogens with two attached hydrogens (primary N) is 1. The van der Waals surface area contributed by atoms with Gasteiger partial charge in [0, 0.05) is 19.5 Å². The van der Waals surface area contributed by atoms with Gasteiger partial charge in [-0.2, -0.15) is 13.5 Å². The number of likely N-dealkylation sites (tertiary alicyclic amines) is 1. The molecule has 6 heteroatoms. The summed E-state index contributed by atoms with van der Waals surface area (Å²) in [6, 6.07) is -0.260. The predicted molar refractivity (Wildman–Crippen MR) is 109 cm³/mol. The van der Waals surface area contributed by atoms with Crippen molar-refractivity contribution in [1.82, 2.24) is 10.2 Å². The van der Waals surface area contributed by atoms with Crippen molar-refractivity contribution in [3.8, 4) is 0 Å². The molecule has 1 aliphatic rings. The third-order valence-electron chi connectivity index (χ3n) is 4.80. The van der Waals surface area contributed by atoms with Crippen LogP contribution in [0.3, 0.4) is 0 Å². The van der Waals surface area contributed by atoms with Crippen molar-refractivity contribution >= 4 is 25.3 Å². The quantitative estimate of drug-likeness (QED) is 0.487. The maximum absolute atomic E-state index is 12.4. The lowest BCUT2D eigenvalue weighted by Gasteiger charge is -2.24. The summed E-state index contributed by atoms with van der Waals surface area (Å²) in [5.74, 6) is 0.141. The zero-order valence-electron chi connectivity index (χ0n) is 16.0. The summed E-state index contributed by atoms with van der Waals surface area (Å²) in [5.41, 5.74) is 5.44. The molecule has 0 aromatic heterocycles. The van der Waals surface area contributed by atoms with E-state index in [0.29, 0.717) is 19.5 Å². The number of carbonyl (C=O) groups excluding carboxylic acids is 2. The molecule has 5 nitrogen and oxygen atoms in total. The van der Waals surface area contributed by atoms with Gasteiger partial charge in [0.05, 0.1) is 0 Å². The first-order chi connectivity index (χ1) is 11.7. The number of carbonyl (C=O) groups is 2. The summed E-state index contributed by atoms with van der Waals surface area (Å²) in [7, 11) is 0. The van der Waals surface area contributed by atoms with Crippen molar-refractivity contribution in [2.45, 2.75) is 90.0 Å². The Labute approximate surface area is 160 Å². The van der Waals surface area contributed by atoms with Gasteiger partial charge in [-0.1, -0.05) is 51.9 Å². The van der Waals surface area contributed by atoms with Gasteiger partial charge in [0.1, 0.15) is 6.04 Å². The molecule has 2 amide bonds. The van der Waals surface area contributed by atoms with E-state index in [4.69, 9.17) is 5.73 Å². The van der Waals surface area contributed by atoms with Crippen molar-refractivity contribution in [2.24, 2.45) is 5.73 Å². The van der Waals surface area contributed by atoms with Crippen LogP contribution in [0.5, 0.6) is 0 Å². The zero-order valence-corrected chi connectivity index (χ0v) is 17.0. The Balaban J connectivity index is 0.00000576. The van der Waals surface area contributed by atoms with E-state index in [1.165, 1.54) is 38.5 Å². The van der Waals surface area contributed by atoms with E-state index in [0.717, 1.165) is 38.6 Å². The van der Waals surface area contributed by atoms with Crippen molar-refractivity contribution < 1.29 is 9.59 Å². The predicted octanol–water partition coefficient (Wildman–Crippen LogP) is 3.09. The Morgan fingerprint density at radius 3 is 2.32 bits per heavy atom. The molecule has 1 fully saturated rings. The Bertz CT molecular complexity index is 367. The lowest BCUT2D eigenvalue weighted by molar-refractivity contribution is -0.138. The SMILES string of the molecule is CCCCCCCCCCC(=O)N1CCCC1C(=O)NCCCN.S. The van der Waals surface area contributed by atoms with Crippen LogP contribution in [0.4, 0.5) is 0 Å². The van der Waals surface area contributed by atoms with Crippen molar-refractivity contribution in [1.29, 1.82) is 0 Å². The van der Waals surface area contributed by atoms with Crippen LogP contribution >= 0.6 is 13.5 Å². The first-order valence-electron chi connectivity index (χ1n) is 9.98. The second-order valence-electron chi connectivity index (χ2n) is 6.90. The average molecular weight is 374 g/mol. The van der Waals surface area contributed by atoms with Gasteiger partial charge < -0.3 is 16.0 Å². The molecular formula is C19H39N3O2S. The molecule has 1 unspecified atom stereocenters. The summed E-state index contributed by atoms with van der Waals surface area (Å²) in [5, 5.41) is 2.90. The van der Waals surface area contributed by atoms with E-state index in [1.54, 1.807) is 4.90 Å². The molecular weight excluding hydrogens is 334 g/mol. The third-order valence-corrected chi connectivity index (χ3v) is 4.80. The summed E-state index contributed by atoms with van der Waals surface area (Å²) in [6.07, 6.45) is 12.9. The van der Waals surface area contributed by atoms with Gasteiger partial charge in [0.25, 0.3) is 0 Å². The molecule has 0 aliphatic carbocycles. The second kappa shape index (κ2) is 15.5. The van der Waals surface area contributed by atoms with Crippen LogP contribution in [0.2, 0.25) is 0 Å². The number of rotatable bonds is 13. The minimum absolute atomic E-state index is 0. The fourth-order valence-electron chi connectivity index (χ4n) is 3.32. The van der Waals surface area contributed by atoms with Gasteiger partial charge in [0.2, 0.25) is 11.8 Å². The maximum Gasteiger partial charge on any atom is 0.242 e. The monoisotopic (exact) mass is 373 g/mol. The zero-order chi connectivity index (χ0) is 17.6. The highest BCUT2D eigenvalue weighted by Crippen LogP contribution is 2.19. The number of hydrogen-bond donors (Lipinski definition) is 2. The highest BCUT2D eigenvalue weighted by molar-refractivity contribution is 7.59. The molecule has 148 valence electrons. The molecule has 0 aromatic carbocycles. The second-order valence-corrected chi connectivity index (χ2v) is 6.90. The van der Waals surface area contributed by atoms with E-state index in [1.807, 2.05) is 0 Å². The van der Waals surface area contributed by atoms with Crippen LogP contribution in [-0.4, -0.2) is 42.4 Å². The molecule has 1 atom stereocenters. The number of nitrogens with zero attached hydrogens (tertiary/aromatic N) is 1. The smallest absolute Gasteiger partial charge is 0.242 e. The van der Waals surface area contributed by atoms with Crippen molar-refractivity contribution in [3.05, 3.63) is 0 Å². The van der Waals surface area contributed by atoms with Crippen LogP contribution in [0, 0.1) is 0 Å². The number of nitrogens with one attached hydrogen (secondary N) is 1. The van der Waals surface area contributed by atoms with Crippen molar-refractivity contribution in [2.75, 3.05) is 19.6 Å². The van der Waals surface area contributed by atoms with Gasteiger partial charge in [-0.3, -0.25) is 9.59 Å². The molecule has 0 saturated carbocycles. The Morgan fingerprint density at radius 2 is 1.68 bits per heavy atom. The standard InChI is InChI=1S/C19H37N3O2.H2S/c1-2-3-4-5-6-7-8-9-13-18(23)22-16-10-12-17(22)19(24)21-15-11-14-20;/h17H,2-16,20H2,1H3,(H,21,24);1H2. The molecule has 25 heavy (non-hydrogen) atoms.